The van der Waals surface area contributed by atoms with Crippen LogP contribution in [0.25, 0.3) is 0 Å². The summed E-state index contributed by atoms with van der Waals surface area (Å²) in [6.45, 7) is 6.59. The lowest BCUT2D eigenvalue weighted by Gasteiger charge is -2.32. The van der Waals surface area contributed by atoms with Gasteiger partial charge in [-0.3, -0.25) is 9.69 Å². The summed E-state index contributed by atoms with van der Waals surface area (Å²) >= 11 is 3.38. The number of carbonyl (C=O) groups excluding carboxylic acids is 1. The molecule has 6 heteroatoms. The number of ether oxygens (including phenoxy) is 2. The summed E-state index contributed by atoms with van der Waals surface area (Å²) in [4.78, 5) is 16.0. The summed E-state index contributed by atoms with van der Waals surface area (Å²) in [7, 11) is 1.43. The number of halogens is 1. The maximum atomic E-state index is 11.4. The van der Waals surface area contributed by atoms with E-state index in [1.165, 1.54) is 13.5 Å². The molecule has 0 aliphatic carbocycles. The number of methoxy groups -OCH3 is 1. The van der Waals surface area contributed by atoms with E-state index in [4.69, 9.17) is 9.47 Å². The molecule has 2 atom stereocenters. The van der Waals surface area contributed by atoms with E-state index in [0.29, 0.717) is 6.04 Å². The molecule has 2 rings (SSSR count). The van der Waals surface area contributed by atoms with Crippen molar-refractivity contribution in [2.24, 2.45) is 0 Å². The molecule has 104 valence electrons. The lowest BCUT2D eigenvalue weighted by molar-refractivity contribution is -0.140. The molecule has 2 fully saturated rings. The van der Waals surface area contributed by atoms with E-state index in [1.54, 1.807) is 0 Å². The highest BCUT2D eigenvalue weighted by Crippen LogP contribution is 2.18. The van der Waals surface area contributed by atoms with Gasteiger partial charge in [-0.25, -0.2) is 0 Å². The predicted octanol–water partition coefficient (Wildman–Crippen LogP) is 0.329. The molecule has 0 spiro atoms. The monoisotopic (exact) mass is 320 g/mol. The number of esters is 1. The van der Waals surface area contributed by atoms with Crippen LogP contribution >= 0.6 is 15.9 Å². The summed E-state index contributed by atoms with van der Waals surface area (Å²) in [6, 6.07) is 0.617. The van der Waals surface area contributed by atoms with Gasteiger partial charge in [-0.1, -0.05) is 15.9 Å². The molecule has 0 bridgehead atoms. The second kappa shape index (κ2) is 6.84. The van der Waals surface area contributed by atoms with E-state index in [-0.39, 0.29) is 10.8 Å². The van der Waals surface area contributed by atoms with Crippen molar-refractivity contribution in [3.05, 3.63) is 0 Å². The quantitative estimate of drug-likeness (QED) is 0.551. The Labute approximate surface area is 117 Å². The second-order valence-electron chi connectivity index (χ2n) is 4.84. The minimum atomic E-state index is -0.217. The third kappa shape index (κ3) is 3.66. The molecule has 2 aliphatic rings. The van der Waals surface area contributed by atoms with Gasteiger partial charge in [0.15, 0.2) is 0 Å². The molecule has 0 N–H and O–H groups in total. The summed E-state index contributed by atoms with van der Waals surface area (Å²) in [5.41, 5.74) is 0. The molecule has 18 heavy (non-hydrogen) atoms. The summed E-state index contributed by atoms with van der Waals surface area (Å²) in [5.74, 6) is -0.190. The zero-order chi connectivity index (χ0) is 13.0. The van der Waals surface area contributed by atoms with Gasteiger partial charge in [-0.2, -0.15) is 0 Å². The Hall–Kier alpha value is -0.170. The van der Waals surface area contributed by atoms with Gasteiger partial charge >= 0.3 is 5.97 Å². The first kappa shape index (κ1) is 14.2. The van der Waals surface area contributed by atoms with Crippen molar-refractivity contribution in [1.29, 1.82) is 0 Å². The van der Waals surface area contributed by atoms with Crippen LogP contribution in [-0.2, 0) is 14.3 Å². The van der Waals surface area contributed by atoms with Crippen LogP contribution in [0.2, 0.25) is 0 Å². The Morgan fingerprint density at radius 1 is 1.44 bits per heavy atom. The van der Waals surface area contributed by atoms with E-state index >= 15 is 0 Å². The molecule has 0 aromatic rings. The standard InChI is InChI=1S/C12H21BrN2O3/c1-17-12(16)11(13)9-14-3-2-10(8-14)15-4-6-18-7-5-15/h10-11H,2-9H2,1H3. The van der Waals surface area contributed by atoms with Gasteiger partial charge in [0.2, 0.25) is 0 Å². The van der Waals surface area contributed by atoms with Gasteiger partial charge in [0.25, 0.3) is 0 Å². The first-order valence-electron chi connectivity index (χ1n) is 6.46. The van der Waals surface area contributed by atoms with Crippen LogP contribution in [0.1, 0.15) is 6.42 Å². The van der Waals surface area contributed by atoms with Crippen molar-refractivity contribution in [2.45, 2.75) is 17.3 Å². The SMILES string of the molecule is COC(=O)C(Br)CN1CCC(N2CCOCC2)C1. The van der Waals surface area contributed by atoms with Crippen LogP contribution < -0.4 is 0 Å². The molecule has 2 unspecified atom stereocenters. The average Bonchev–Trinajstić information content (AvgIpc) is 2.87. The predicted molar refractivity (Wildman–Crippen MR) is 72.0 cm³/mol. The van der Waals surface area contributed by atoms with Gasteiger partial charge in [-0.15, -0.1) is 0 Å². The van der Waals surface area contributed by atoms with Crippen molar-refractivity contribution < 1.29 is 14.3 Å². The number of nitrogens with zero attached hydrogens (tertiary/aromatic N) is 2. The fourth-order valence-electron chi connectivity index (χ4n) is 2.65. The summed E-state index contributed by atoms with van der Waals surface area (Å²) < 4.78 is 10.1. The number of likely N-dealkylation sites (tertiary alicyclic amines) is 1. The third-order valence-electron chi connectivity index (χ3n) is 3.69. The molecule has 0 aromatic carbocycles. The molecule has 0 radical (unpaired) electrons. The first-order chi connectivity index (χ1) is 8.70. The molecule has 0 aromatic heterocycles. The Kier molecular flexibility index (Phi) is 5.41. The van der Waals surface area contributed by atoms with Crippen LogP contribution in [0.4, 0.5) is 0 Å². The summed E-state index contributed by atoms with van der Waals surface area (Å²) in [6.07, 6.45) is 1.18. The molecular weight excluding hydrogens is 300 g/mol. The Balaban J connectivity index is 1.75. The smallest absolute Gasteiger partial charge is 0.320 e. The second-order valence-corrected chi connectivity index (χ2v) is 5.95. The van der Waals surface area contributed by atoms with Gasteiger partial charge < -0.3 is 14.4 Å². The highest BCUT2D eigenvalue weighted by atomic mass is 79.9. The largest absolute Gasteiger partial charge is 0.468 e. The fourth-order valence-corrected chi connectivity index (χ4v) is 3.24. The lowest BCUT2D eigenvalue weighted by atomic mass is 10.2. The van der Waals surface area contributed by atoms with Crippen LogP contribution in [0, 0.1) is 0 Å². The van der Waals surface area contributed by atoms with Crippen LogP contribution in [0.15, 0.2) is 0 Å². The molecule has 0 amide bonds. The molecule has 2 heterocycles. The maximum Gasteiger partial charge on any atom is 0.320 e. The Morgan fingerprint density at radius 2 is 2.17 bits per heavy atom. The van der Waals surface area contributed by atoms with E-state index in [0.717, 1.165) is 45.9 Å². The average molecular weight is 321 g/mol. The van der Waals surface area contributed by atoms with Crippen LogP contribution in [-0.4, -0.2) is 79.7 Å². The van der Waals surface area contributed by atoms with E-state index < -0.39 is 0 Å². The molecule has 0 saturated carbocycles. The van der Waals surface area contributed by atoms with Crippen molar-refractivity contribution in [1.82, 2.24) is 9.80 Å². The number of hydrogen-bond acceptors (Lipinski definition) is 5. The Morgan fingerprint density at radius 3 is 2.83 bits per heavy atom. The topological polar surface area (TPSA) is 42.0 Å². The molecule has 5 nitrogen and oxygen atoms in total. The number of rotatable bonds is 4. The minimum Gasteiger partial charge on any atom is -0.468 e. The zero-order valence-electron chi connectivity index (χ0n) is 10.8. The van der Waals surface area contributed by atoms with E-state index in [2.05, 4.69) is 25.7 Å². The number of morpholine rings is 1. The fraction of sp³-hybridized carbons (Fsp3) is 0.917. The van der Waals surface area contributed by atoms with Gasteiger partial charge in [0.05, 0.1) is 20.3 Å². The highest BCUT2D eigenvalue weighted by Gasteiger charge is 2.30. The molecule has 2 aliphatic heterocycles. The molecule has 2 saturated heterocycles. The minimum absolute atomic E-state index is 0.190. The summed E-state index contributed by atoms with van der Waals surface area (Å²) in [5, 5.41) is 0. The van der Waals surface area contributed by atoms with E-state index in [1.807, 2.05) is 0 Å². The third-order valence-corrected chi connectivity index (χ3v) is 4.35. The van der Waals surface area contributed by atoms with Gasteiger partial charge in [-0.05, 0) is 13.0 Å². The number of hydrogen-bond donors (Lipinski definition) is 0. The first-order valence-corrected chi connectivity index (χ1v) is 7.38. The Bertz CT molecular complexity index is 284. The van der Waals surface area contributed by atoms with Gasteiger partial charge in [0, 0.05) is 32.2 Å². The van der Waals surface area contributed by atoms with Crippen LogP contribution in [0.3, 0.4) is 0 Å². The zero-order valence-corrected chi connectivity index (χ0v) is 12.4. The lowest BCUT2D eigenvalue weighted by Crippen LogP contribution is -2.45. The van der Waals surface area contributed by atoms with Crippen molar-refractivity contribution in [3.8, 4) is 0 Å². The molecular formula is C12H21BrN2O3. The van der Waals surface area contributed by atoms with Crippen molar-refractivity contribution in [2.75, 3.05) is 53.0 Å². The van der Waals surface area contributed by atoms with Crippen molar-refractivity contribution in [3.63, 3.8) is 0 Å². The van der Waals surface area contributed by atoms with E-state index in [9.17, 15) is 4.79 Å². The number of alkyl halides is 1. The van der Waals surface area contributed by atoms with Crippen LogP contribution in [0.5, 0.6) is 0 Å². The van der Waals surface area contributed by atoms with Crippen molar-refractivity contribution >= 4 is 21.9 Å². The maximum absolute atomic E-state index is 11.4. The number of carbonyl (C=O) groups is 1. The highest BCUT2D eigenvalue weighted by molar-refractivity contribution is 9.10. The van der Waals surface area contributed by atoms with Gasteiger partial charge in [0.1, 0.15) is 4.83 Å². The normalized spacial score (nSPS) is 28.2.